The maximum Gasteiger partial charge on any atom is 0.153 e. The van der Waals surface area contributed by atoms with Crippen LogP contribution in [0.5, 0.6) is 0 Å². The fraction of sp³-hybridized carbons (Fsp3) is 0.538. The third kappa shape index (κ3) is 3.10. The van der Waals surface area contributed by atoms with Crippen LogP contribution in [0.3, 0.4) is 0 Å². The maximum absolute atomic E-state index is 11.5. The van der Waals surface area contributed by atoms with Crippen LogP contribution < -0.4 is 5.73 Å². The molecule has 1 heterocycles. The van der Waals surface area contributed by atoms with Crippen LogP contribution in [0.15, 0.2) is 24.3 Å². The van der Waals surface area contributed by atoms with Gasteiger partial charge in [-0.3, -0.25) is 4.90 Å². The molecule has 1 aromatic carbocycles. The van der Waals surface area contributed by atoms with Crippen LogP contribution in [0, 0.1) is 6.92 Å². The molecule has 2 rings (SSSR count). The second kappa shape index (κ2) is 4.99. The Morgan fingerprint density at radius 1 is 1.28 bits per heavy atom. The van der Waals surface area contributed by atoms with Crippen molar-refractivity contribution in [2.24, 2.45) is 5.73 Å². The summed E-state index contributed by atoms with van der Waals surface area (Å²) in [7, 11) is -1.02. The molecule has 2 N–H and O–H groups in total. The molecule has 1 aliphatic rings. The van der Waals surface area contributed by atoms with Gasteiger partial charge in [0.1, 0.15) is 0 Å². The molecule has 0 amide bonds. The van der Waals surface area contributed by atoms with Crippen molar-refractivity contribution in [1.29, 1.82) is 0 Å². The van der Waals surface area contributed by atoms with E-state index in [1.54, 1.807) is 0 Å². The van der Waals surface area contributed by atoms with E-state index in [0.29, 0.717) is 0 Å². The molecule has 0 radical (unpaired) electrons. The number of sulfone groups is 1. The number of likely N-dealkylation sites (N-methyl/N-ethyl adjacent to an activating group) is 1. The lowest BCUT2D eigenvalue weighted by molar-refractivity contribution is 0.236. The minimum Gasteiger partial charge on any atom is -0.325 e. The van der Waals surface area contributed by atoms with Gasteiger partial charge in [0.25, 0.3) is 0 Å². The van der Waals surface area contributed by atoms with E-state index >= 15 is 0 Å². The third-order valence-corrected chi connectivity index (χ3v) is 5.23. The van der Waals surface area contributed by atoms with Gasteiger partial charge in [0.2, 0.25) is 0 Å². The Hall–Kier alpha value is -0.910. The monoisotopic (exact) mass is 268 g/mol. The topological polar surface area (TPSA) is 63.4 Å². The Kier molecular flexibility index (Phi) is 3.75. The van der Waals surface area contributed by atoms with Gasteiger partial charge in [-0.1, -0.05) is 29.8 Å². The van der Waals surface area contributed by atoms with Gasteiger partial charge < -0.3 is 5.73 Å². The molecule has 4 nitrogen and oxygen atoms in total. The molecule has 2 atom stereocenters. The number of hydrogen-bond donors (Lipinski definition) is 1. The SMILES string of the molecule is Cc1ccc(CN(C)C2CS(=O)(=O)CC2N)cc1. The summed E-state index contributed by atoms with van der Waals surface area (Å²) in [6.45, 7) is 2.78. The summed E-state index contributed by atoms with van der Waals surface area (Å²) in [5.74, 6) is 0.284. The van der Waals surface area contributed by atoms with Gasteiger partial charge in [-0.15, -0.1) is 0 Å². The van der Waals surface area contributed by atoms with E-state index in [4.69, 9.17) is 5.73 Å². The highest BCUT2D eigenvalue weighted by molar-refractivity contribution is 7.91. The normalized spacial score (nSPS) is 26.7. The van der Waals surface area contributed by atoms with Gasteiger partial charge in [-0.2, -0.15) is 0 Å². The summed E-state index contributed by atoms with van der Waals surface area (Å²) >= 11 is 0. The summed E-state index contributed by atoms with van der Waals surface area (Å²) in [6, 6.07) is 7.92. The van der Waals surface area contributed by atoms with Gasteiger partial charge in [0.15, 0.2) is 9.84 Å². The molecule has 0 saturated carbocycles. The van der Waals surface area contributed by atoms with Crippen molar-refractivity contribution in [2.75, 3.05) is 18.6 Å². The van der Waals surface area contributed by atoms with Crippen molar-refractivity contribution in [3.8, 4) is 0 Å². The lowest BCUT2D eigenvalue weighted by Crippen LogP contribution is -2.44. The Morgan fingerprint density at radius 3 is 2.39 bits per heavy atom. The van der Waals surface area contributed by atoms with Gasteiger partial charge in [-0.05, 0) is 19.5 Å². The van der Waals surface area contributed by atoms with Crippen LogP contribution >= 0.6 is 0 Å². The lowest BCUT2D eigenvalue weighted by atomic mass is 10.1. The molecule has 100 valence electrons. The van der Waals surface area contributed by atoms with E-state index in [2.05, 4.69) is 24.3 Å². The third-order valence-electron chi connectivity index (χ3n) is 3.48. The maximum atomic E-state index is 11.5. The summed E-state index contributed by atoms with van der Waals surface area (Å²) in [6.07, 6.45) is 0. The second-order valence-electron chi connectivity index (χ2n) is 5.21. The highest BCUT2D eigenvalue weighted by atomic mass is 32.2. The summed E-state index contributed by atoms with van der Waals surface area (Å²) in [5.41, 5.74) is 8.32. The number of hydrogen-bond acceptors (Lipinski definition) is 4. The summed E-state index contributed by atoms with van der Waals surface area (Å²) < 4.78 is 23.1. The zero-order valence-corrected chi connectivity index (χ0v) is 11.7. The van der Waals surface area contributed by atoms with Crippen molar-refractivity contribution in [1.82, 2.24) is 4.90 Å². The van der Waals surface area contributed by atoms with Gasteiger partial charge >= 0.3 is 0 Å². The molecule has 1 aliphatic heterocycles. The standard InChI is InChI=1S/C13H20N2O2S/c1-10-3-5-11(6-4-10)7-15(2)13-9-18(16,17)8-12(13)14/h3-6,12-13H,7-9,14H2,1-2H3. The van der Waals surface area contributed by atoms with Gasteiger partial charge in [-0.25, -0.2) is 8.42 Å². The first-order chi connectivity index (χ1) is 8.37. The first kappa shape index (κ1) is 13.5. The van der Waals surface area contributed by atoms with Crippen LogP contribution in [-0.4, -0.2) is 44.0 Å². The summed E-state index contributed by atoms with van der Waals surface area (Å²) in [5, 5.41) is 0. The minimum absolute atomic E-state index is 0.0729. The first-order valence-corrected chi connectivity index (χ1v) is 7.91. The smallest absolute Gasteiger partial charge is 0.153 e. The summed E-state index contributed by atoms with van der Waals surface area (Å²) in [4.78, 5) is 2.04. The zero-order valence-electron chi connectivity index (χ0n) is 10.8. The minimum atomic E-state index is -2.96. The van der Waals surface area contributed by atoms with E-state index in [1.807, 2.05) is 18.9 Å². The van der Waals surface area contributed by atoms with Crippen LogP contribution in [0.2, 0.25) is 0 Å². The molecule has 2 unspecified atom stereocenters. The molecule has 1 aromatic rings. The van der Waals surface area contributed by atoms with Crippen molar-refractivity contribution in [3.05, 3.63) is 35.4 Å². The average Bonchev–Trinajstić information content (AvgIpc) is 2.55. The molecule has 0 spiro atoms. The fourth-order valence-corrected chi connectivity index (χ4v) is 4.38. The Labute approximate surface area is 109 Å². The molecule has 5 heteroatoms. The fourth-order valence-electron chi connectivity index (χ4n) is 2.41. The molecule has 0 aromatic heterocycles. The van der Waals surface area contributed by atoms with Crippen molar-refractivity contribution < 1.29 is 8.42 Å². The lowest BCUT2D eigenvalue weighted by Gasteiger charge is -2.26. The van der Waals surface area contributed by atoms with Crippen molar-refractivity contribution >= 4 is 9.84 Å². The molecule has 1 fully saturated rings. The van der Waals surface area contributed by atoms with Gasteiger partial charge in [0.05, 0.1) is 11.5 Å². The van der Waals surface area contributed by atoms with Crippen molar-refractivity contribution in [2.45, 2.75) is 25.6 Å². The van der Waals surface area contributed by atoms with E-state index < -0.39 is 9.84 Å². The number of nitrogens with two attached hydrogens (primary N) is 1. The second-order valence-corrected chi connectivity index (χ2v) is 7.36. The van der Waals surface area contributed by atoms with E-state index in [-0.39, 0.29) is 23.6 Å². The molecular weight excluding hydrogens is 248 g/mol. The highest BCUT2D eigenvalue weighted by Gasteiger charge is 2.37. The van der Waals surface area contributed by atoms with Gasteiger partial charge in [0, 0.05) is 18.6 Å². The quantitative estimate of drug-likeness (QED) is 0.869. The van der Waals surface area contributed by atoms with E-state index in [0.717, 1.165) is 6.54 Å². The van der Waals surface area contributed by atoms with Crippen LogP contribution in [-0.2, 0) is 16.4 Å². The Morgan fingerprint density at radius 2 is 1.89 bits per heavy atom. The molecule has 0 aliphatic carbocycles. The number of aryl methyl sites for hydroxylation is 1. The number of nitrogens with zero attached hydrogens (tertiary/aromatic N) is 1. The molecule has 0 bridgehead atoms. The van der Waals surface area contributed by atoms with E-state index in [9.17, 15) is 8.42 Å². The molecule has 18 heavy (non-hydrogen) atoms. The largest absolute Gasteiger partial charge is 0.325 e. The first-order valence-electron chi connectivity index (χ1n) is 6.09. The zero-order chi connectivity index (χ0) is 13.3. The van der Waals surface area contributed by atoms with E-state index in [1.165, 1.54) is 11.1 Å². The number of rotatable bonds is 3. The number of benzene rings is 1. The molecular formula is C13H20N2O2S. The average molecular weight is 268 g/mol. The predicted molar refractivity (Wildman–Crippen MR) is 73.1 cm³/mol. The van der Waals surface area contributed by atoms with Crippen molar-refractivity contribution in [3.63, 3.8) is 0 Å². The predicted octanol–water partition coefficient (Wildman–Crippen LogP) is 0.551. The van der Waals surface area contributed by atoms with Crippen LogP contribution in [0.1, 0.15) is 11.1 Å². The van der Waals surface area contributed by atoms with Crippen LogP contribution in [0.4, 0.5) is 0 Å². The Balaban J connectivity index is 2.04. The van der Waals surface area contributed by atoms with Crippen LogP contribution in [0.25, 0.3) is 0 Å². The highest BCUT2D eigenvalue weighted by Crippen LogP contribution is 2.18. The molecule has 1 saturated heterocycles. The Bertz CT molecular complexity index is 510.